The molecular weight excluding hydrogens is 618 g/mol. The first-order valence-electron chi connectivity index (χ1n) is 14.8. The molecule has 8 nitrogen and oxygen atoms in total. The molecule has 0 spiro atoms. The number of aryl methyl sites for hydroxylation is 2. The number of aromatic nitrogens is 3. The third-order valence-corrected chi connectivity index (χ3v) is 8.94. The number of thioether (sulfide) groups is 1. The molecule has 2 heterocycles. The van der Waals surface area contributed by atoms with Gasteiger partial charge in [-0.3, -0.25) is 4.79 Å². The van der Waals surface area contributed by atoms with Gasteiger partial charge >= 0.3 is 0 Å². The Morgan fingerprint density at radius 2 is 1.76 bits per heavy atom. The SMILES string of the molecule is COc1cc(C2C(C(=O)Nc3cccc(C)c3)=C(C)Nc3nc(SCc4ccccc4Cl)nn32)ccc1OCc1ccc(C)cc1. The number of fused-ring (bicyclic) bond motifs is 1. The Morgan fingerprint density at radius 3 is 2.52 bits per heavy atom. The van der Waals surface area contributed by atoms with Crippen molar-refractivity contribution >= 4 is 40.9 Å². The lowest BCUT2D eigenvalue weighted by molar-refractivity contribution is -0.113. The molecule has 0 saturated heterocycles. The van der Waals surface area contributed by atoms with E-state index in [4.69, 9.17) is 31.2 Å². The van der Waals surface area contributed by atoms with Crippen molar-refractivity contribution in [2.24, 2.45) is 0 Å². The highest BCUT2D eigenvalue weighted by Crippen LogP contribution is 2.40. The summed E-state index contributed by atoms with van der Waals surface area (Å²) in [6.45, 7) is 6.32. The van der Waals surface area contributed by atoms with Crippen molar-refractivity contribution in [1.29, 1.82) is 0 Å². The molecule has 1 aliphatic heterocycles. The number of nitrogens with zero attached hydrogens (tertiary/aromatic N) is 3. The molecule has 46 heavy (non-hydrogen) atoms. The zero-order valence-electron chi connectivity index (χ0n) is 26.0. The van der Waals surface area contributed by atoms with Gasteiger partial charge in [-0.25, -0.2) is 4.68 Å². The number of halogens is 1. The van der Waals surface area contributed by atoms with Gasteiger partial charge in [-0.05, 0) is 73.4 Å². The molecule has 6 rings (SSSR count). The molecule has 0 saturated carbocycles. The number of anilines is 2. The first-order chi connectivity index (χ1) is 22.3. The van der Waals surface area contributed by atoms with Crippen LogP contribution in [-0.4, -0.2) is 27.8 Å². The van der Waals surface area contributed by atoms with Crippen LogP contribution in [0.1, 0.15) is 40.8 Å². The van der Waals surface area contributed by atoms with Gasteiger partial charge in [-0.15, -0.1) is 5.10 Å². The Labute approximate surface area is 277 Å². The summed E-state index contributed by atoms with van der Waals surface area (Å²) in [5.41, 5.74) is 6.98. The molecule has 1 aromatic heterocycles. The van der Waals surface area contributed by atoms with Crippen LogP contribution in [0.15, 0.2) is 107 Å². The second-order valence-electron chi connectivity index (χ2n) is 11.1. The highest BCUT2D eigenvalue weighted by molar-refractivity contribution is 7.98. The molecule has 1 aliphatic rings. The normalized spacial score (nSPS) is 14.0. The first-order valence-corrected chi connectivity index (χ1v) is 16.2. The average molecular weight is 652 g/mol. The summed E-state index contributed by atoms with van der Waals surface area (Å²) in [6.07, 6.45) is 0. The molecule has 4 aromatic carbocycles. The van der Waals surface area contributed by atoms with Gasteiger partial charge in [0.15, 0.2) is 11.5 Å². The van der Waals surface area contributed by atoms with E-state index in [1.807, 2.05) is 92.7 Å². The molecule has 234 valence electrons. The minimum absolute atomic E-state index is 0.245. The number of ether oxygens (including phenoxy) is 2. The predicted octanol–water partition coefficient (Wildman–Crippen LogP) is 8.36. The fraction of sp³-hybridized carbons (Fsp3) is 0.194. The van der Waals surface area contributed by atoms with Crippen LogP contribution >= 0.6 is 23.4 Å². The van der Waals surface area contributed by atoms with Crippen LogP contribution in [0.4, 0.5) is 11.6 Å². The fourth-order valence-electron chi connectivity index (χ4n) is 5.29. The Kier molecular flexibility index (Phi) is 9.33. The Balaban J connectivity index is 1.34. The number of carbonyl (C=O) groups is 1. The van der Waals surface area contributed by atoms with Gasteiger partial charge in [-0.1, -0.05) is 89.6 Å². The van der Waals surface area contributed by atoms with Crippen LogP contribution in [0.3, 0.4) is 0 Å². The van der Waals surface area contributed by atoms with E-state index in [0.717, 1.165) is 22.3 Å². The van der Waals surface area contributed by atoms with Crippen LogP contribution in [0.25, 0.3) is 0 Å². The largest absolute Gasteiger partial charge is 0.493 e. The molecule has 0 aliphatic carbocycles. The lowest BCUT2D eigenvalue weighted by Crippen LogP contribution is -2.31. The van der Waals surface area contributed by atoms with Crippen molar-refractivity contribution in [3.63, 3.8) is 0 Å². The summed E-state index contributed by atoms with van der Waals surface area (Å²) in [6, 6.07) is 28.8. The number of rotatable bonds is 10. The van der Waals surface area contributed by atoms with Gasteiger partial charge in [0, 0.05) is 22.2 Å². The van der Waals surface area contributed by atoms with Crippen molar-refractivity contribution in [3.05, 3.63) is 135 Å². The fourth-order valence-corrected chi connectivity index (χ4v) is 6.41. The summed E-state index contributed by atoms with van der Waals surface area (Å²) in [4.78, 5) is 18.8. The minimum Gasteiger partial charge on any atom is -0.493 e. The lowest BCUT2D eigenvalue weighted by Gasteiger charge is -2.29. The minimum atomic E-state index is -0.594. The molecule has 0 fully saturated rings. The van der Waals surface area contributed by atoms with Crippen molar-refractivity contribution in [3.8, 4) is 11.5 Å². The van der Waals surface area contributed by atoms with E-state index in [1.165, 1.54) is 17.3 Å². The number of hydrogen-bond donors (Lipinski definition) is 2. The van der Waals surface area contributed by atoms with Crippen molar-refractivity contribution in [1.82, 2.24) is 14.8 Å². The quantitative estimate of drug-likeness (QED) is 0.147. The second-order valence-corrected chi connectivity index (χ2v) is 12.5. The summed E-state index contributed by atoms with van der Waals surface area (Å²) in [5.74, 6) is 2.04. The predicted molar refractivity (Wildman–Crippen MR) is 184 cm³/mol. The van der Waals surface area contributed by atoms with E-state index in [-0.39, 0.29) is 5.91 Å². The molecule has 0 bridgehead atoms. The molecule has 0 radical (unpaired) electrons. The van der Waals surface area contributed by atoms with Crippen LogP contribution in [0.2, 0.25) is 5.02 Å². The highest BCUT2D eigenvalue weighted by atomic mass is 35.5. The average Bonchev–Trinajstić information content (AvgIpc) is 3.45. The van der Waals surface area contributed by atoms with Gasteiger partial charge < -0.3 is 20.1 Å². The summed E-state index contributed by atoms with van der Waals surface area (Å²) in [5, 5.41) is 12.5. The number of amides is 1. The maximum atomic E-state index is 14.0. The molecule has 5 aromatic rings. The summed E-state index contributed by atoms with van der Waals surface area (Å²) >= 11 is 7.88. The zero-order valence-corrected chi connectivity index (χ0v) is 27.6. The van der Waals surface area contributed by atoms with E-state index < -0.39 is 6.04 Å². The van der Waals surface area contributed by atoms with Crippen LogP contribution in [-0.2, 0) is 17.2 Å². The van der Waals surface area contributed by atoms with E-state index in [2.05, 4.69) is 29.7 Å². The molecule has 10 heteroatoms. The molecule has 1 unspecified atom stereocenters. The molecular formula is C36H34ClN5O3S. The highest BCUT2D eigenvalue weighted by Gasteiger charge is 2.35. The van der Waals surface area contributed by atoms with E-state index in [9.17, 15) is 4.79 Å². The summed E-state index contributed by atoms with van der Waals surface area (Å²) < 4.78 is 13.7. The first kappa shape index (κ1) is 31.3. The van der Waals surface area contributed by atoms with Crippen molar-refractivity contribution in [2.45, 2.75) is 44.3 Å². The molecule has 2 N–H and O–H groups in total. The second kappa shape index (κ2) is 13.7. The zero-order chi connectivity index (χ0) is 32.2. The van der Waals surface area contributed by atoms with Gasteiger partial charge in [0.25, 0.3) is 5.91 Å². The number of carbonyl (C=O) groups excluding carboxylic acids is 1. The topological polar surface area (TPSA) is 90.3 Å². The smallest absolute Gasteiger partial charge is 0.255 e. The Bertz CT molecular complexity index is 1920. The third kappa shape index (κ3) is 6.90. The van der Waals surface area contributed by atoms with Crippen LogP contribution in [0.5, 0.6) is 11.5 Å². The summed E-state index contributed by atoms with van der Waals surface area (Å²) in [7, 11) is 1.61. The number of hydrogen-bond acceptors (Lipinski definition) is 7. The number of benzene rings is 4. The third-order valence-electron chi connectivity index (χ3n) is 7.69. The van der Waals surface area contributed by atoms with Crippen molar-refractivity contribution < 1.29 is 14.3 Å². The maximum absolute atomic E-state index is 14.0. The van der Waals surface area contributed by atoms with Gasteiger partial charge in [0.05, 0.1) is 12.7 Å². The maximum Gasteiger partial charge on any atom is 0.255 e. The monoisotopic (exact) mass is 651 g/mol. The van der Waals surface area contributed by atoms with Gasteiger partial charge in [-0.2, -0.15) is 4.98 Å². The Hall–Kier alpha value is -4.73. The number of methoxy groups -OCH3 is 1. The number of nitrogens with one attached hydrogen (secondary N) is 2. The van der Waals surface area contributed by atoms with Crippen LogP contribution < -0.4 is 20.1 Å². The van der Waals surface area contributed by atoms with Crippen molar-refractivity contribution in [2.75, 3.05) is 17.7 Å². The van der Waals surface area contributed by atoms with Crippen LogP contribution in [0, 0.1) is 13.8 Å². The standard InChI is InChI=1S/C36H34ClN5O3S/c1-22-12-14-25(15-13-22)20-45-30-17-16-26(19-31(30)44-4)33-32(34(43)39-28-10-7-8-23(2)18-28)24(3)38-35-40-36(41-42(33)35)46-21-27-9-5-6-11-29(27)37/h5-19,33H,20-21H2,1-4H3,(H,39,43)(H,38,40,41). The van der Waals surface area contributed by atoms with E-state index in [0.29, 0.717) is 56.9 Å². The number of allylic oxidation sites excluding steroid dienone is 1. The molecule has 1 atom stereocenters. The lowest BCUT2D eigenvalue weighted by atomic mass is 9.94. The Morgan fingerprint density at radius 1 is 0.957 bits per heavy atom. The molecule has 1 amide bonds. The van der Waals surface area contributed by atoms with Gasteiger partial charge in [0.1, 0.15) is 12.6 Å². The van der Waals surface area contributed by atoms with Gasteiger partial charge in [0.2, 0.25) is 11.1 Å². The van der Waals surface area contributed by atoms with E-state index in [1.54, 1.807) is 11.8 Å². The van der Waals surface area contributed by atoms with E-state index >= 15 is 0 Å².